The first-order valence-corrected chi connectivity index (χ1v) is 10.8. The van der Waals surface area contributed by atoms with Gasteiger partial charge in [-0.1, -0.05) is 72.8 Å². The Morgan fingerprint density at radius 2 is 1.47 bits per heavy atom. The van der Waals surface area contributed by atoms with E-state index in [9.17, 15) is 14.4 Å². The largest absolute Gasteiger partial charge is 0.489 e. The van der Waals surface area contributed by atoms with Gasteiger partial charge in [0, 0.05) is 0 Å². The number of hydrogen-bond acceptors (Lipinski definition) is 4. The van der Waals surface area contributed by atoms with E-state index in [-0.39, 0.29) is 5.57 Å². The fourth-order valence-corrected chi connectivity index (χ4v) is 3.88. The van der Waals surface area contributed by atoms with Crippen LogP contribution in [0.2, 0.25) is 0 Å². The second-order valence-corrected chi connectivity index (χ2v) is 7.79. The Hall–Kier alpha value is -4.71. The van der Waals surface area contributed by atoms with Crippen molar-refractivity contribution >= 4 is 40.4 Å². The predicted molar refractivity (Wildman–Crippen MR) is 130 cm³/mol. The Balaban J connectivity index is 1.33. The molecular formula is C28H20N2O4. The van der Waals surface area contributed by atoms with Crippen molar-refractivity contribution in [2.75, 3.05) is 4.90 Å². The molecule has 34 heavy (non-hydrogen) atoms. The lowest BCUT2D eigenvalue weighted by molar-refractivity contribution is -0.122. The Bertz CT molecular complexity index is 1420. The summed E-state index contributed by atoms with van der Waals surface area (Å²) in [7, 11) is 0. The minimum atomic E-state index is -0.768. The van der Waals surface area contributed by atoms with Crippen LogP contribution in [0, 0.1) is 0 Å². The van der Waals surface area contributed by atoms with Gasteiger partial charge in [0.1, 0.15) is 17.9 Å². The highest BCUT2D eigenvalue weighted by Gasteiger charge is 2.36. The zero-order valence-corrected chi connectivity index (χ0v) is 18.1. The van der Waals surface area contributed by atoms with Crippen LogP contribution in [0.4, 0.5) is 10.5 Å². The van der Waals surface area contributed by atoms with E-state index >= 15 is 0 Å². The normalized spacial score (nSPS) is 15.0. The highest BCUT2D eigenvalue weighted by Crippen LogP contribution is 2.24. The Labute approximate surface area is 196 Å². The van der Waals surface area contributed by atoms with Crippen molar-refractivity contribution in [3.63, 3.8) is 0 Å². The molecule has 1 fully saturated rings. The summed E-state index contributed by atoms with van der Waals surface area (Å²) in [6.45, 7) is 0.414. The van der Waals surface area contributed by atoms with Crippen LogP contribution >= 0.6 is 0 Å². The monoisotopic (exact) mass is 448 g/mol. The molecular weight excluding hydrogens is 428 g/mol. The average Bonchev–Trinajstić information content (AvgIpc) is 2.86. The summed E-state index contributed by atoms with van der Waals surface area (Å²) < 4.78 is 5.96. The van der Waals surface area contributed by atoms with Gasteiger partial charge in [0.25, 0.3) is 11.8 Å². The number of benzene rings is 4. The zero-order valence-electron chi connectivity index (χ0n) is 18.1. The highest BCUT2D eigenvalue weighted by molar-refractivity contribution is 6.39. The lowest BCUT2D eigenvalue weighted by Crippen LogP contribution is -2.54. The number of fused-ring (bicyclic) bond motifs is 1. The van der Waals surface area contributed by atoms with Crippen LogP contribution in [0.25, 0.3) is 16.8 Å². The first kappa shape index (κ1) is 21.2. The number of hydrogen-bond donors (Lipinski definition) is 1. The number of carbonyl (C=O) groups is 3. The number of nitrogens with zero attached hydrogens (tertiary/aromatic N) is 1. The van der Waals surface area contributed by atoms with E-state index in [1.807, 2.05) is 24.3 Å². The predicted octanol–water partition coefficient (Wildman–Crippen LogP) is 5.09. The third kappa shape index (κ3) is 4.17. The molecule has 1 saturated heterocycles. The summed E-state index contributed by atoms with van der Waals surface area (Å²) in [6.07, 6.45) is 1.47. The van der Waals surface area contributed by atoms with Crippen molar-refractivity contribution in [1.82, 2.24) is 5.32 Å². The summed E-state index contributed by atoms with van der Waals surface area (Å²) in [5.41, 5.74) is 1.99. The molecule has 0 bridgehead atoms. The molecule has 6 heteroatoms. The van der Waals surface area contributed by atoms with Crippen LogP contribution in [0.3, 0.4) is 0 Å². The molecule has 5 rings (SSSR count). The molecule has 1 N–H and O–H groups in total. The Kier molecular flexibility index (Phi) is 5.62. The van der Waals surface area contributed by atoms with Crippen LogP contribution in [-0.2, 0) is 16.2 Å². The van der Waals surface area contributed by atoms with Crippen molar-refractivity contribution in [1.29, 1.82) is 0 Å². The van der Waals surface area contributed by atoms with Gasteiger partial charge in [0.2, 0.25) is 0 Å². The summed E-state index contributed by atoms with van der Waals surface area (Å²) in [4.78, 5) is 38.5. The molecule has 1 aliphatic rings. The van der Waals surface area contributed by atoms with E-state index in [1.54, 1.807) is 54.6 Å². The molecule has 4 amide bonds. The van der Waals surface area contributed by atoms with Crippen LogP contribution < -0.4 is 15.0 Å². The number of rotatable bonds is 5. The smallest absolute Gasteiger partial charge is 0.335 e. The molecule has 0 aliphatic carbocycles. The third-order valence-corrected chi connectivity index (χ3v) is 5.58. The second-order valence-electron chi connectivity index (χ2n) is 7.79. The third-order valence-electron chi connectivity index (χ3n) is 5.58. The van der Waals surface area contributed by atoms with Crippen molar-refractivity contribution in [2.45, 2.75) is 6.61 Å². The molecule has 1 heterocycles. The van der Waals surface area contributed by atoms with Crippen LogP contribution in [0.15, 0.2) is 103 Å². The topological polar surface area (TPSA) is 75.7 Å². The van der Waals surface area contributed by atoms with Gasteiger partial charge in [-0.15, -0.1) is 0 Å². The molecule has 0 unspecified atom stereocenters. The molecule has 4 aromatic rings. The standard InChI is InChI=1S/C28H20N2O4/c31-26-25(27(32)30(28(33)29-26)22-10-2-1-3-11-22)17-19-13-15-23(16-14-19)34-18-21-9-6-8-20-7-4-5-12-24(20)21/h1-17H,18H2,(H,29,31,33)/b25-17+. The molecule has 1 aliphatic heterocycles. The van der Waals surface area contributed by atoms with E-state index in [0.717, 1.165) is 21.2 Å². The first-order chi connectivity index (χ1) is 16.6. The quantitative estimate of drug-likeness (QED) is 0.341. The number of urea groups is 1. The van der Waals surface area contributed by atoms with Crippen LogP contribution in [-0.4, -0.2) is 17.8 Å². The maximum Gasteiger partial charge on any atom is 0.335 e. The summed E-state index contributed by atoms with van der Waals surface area (Å²) in [6, 6.07) is 29.0. The summed E-state index contributed by atoms with van der Waals surface area (Å²) in [5.74, 6) is -0.731. The van der Waals surface area contributed by atoms with Crippen LogP contribution in [0.5, 0.6) is 5.75 Å². The maximum absolute atomic E-state index is 12.9. The Morgan fingerprint density at radius 1 is 0.765 bits per heavy atom. The molecule has 0 spiro atoms. The number of imide groups is 2. The van der Waals surface area contributed by atoms with Gasteiger partial charge in [-0.25, -0.2) is 9.69 Å². The van der Waals surface area contributed by atoms with Crippen molar-refractivity contribution in [3.05, 3.63) is 114 Å². The Morgan fingerprint density at radius 3 is 2.26 bits per heavy atom. The van der Waals surface area contributed by atoms with Gasteiger partial charge in [-0.2, -0.15) is 0 Å². The fraction of sp³-hybridized carbons (Fsp3) is 0.0357. The summed E-state index contributed by atoms with van der Waals surface area (Å²) in [5, 5.41) is 4.53. The van der Waals surface area contributed by atoms with Crippen molar-refractivity contribution in [2.24, 2.45) is 0 Å². The summed E-state index contributed by atoms with van der Waals surface area (Å²) >= 11 is 0. The van der Waals surface area contributed by atoms with Gasteiger partial charge < -0.3 is 4.74 Å². The first-order valence-electron chi connectivity index (χ1n) is 10.8. The number of carbonyl (C=O) groups excluding carboxylic acids is 3. The molecule has 0 radical (unpaired) electrons. The van der Waals surface area contributed by atoms with E-state index in [1.165, 1.54) is 6.08 Å². The van der Waals surface area contributed by atoms with E-state index in [4.69, 9.17) is 4.74 Å². The second kappa shape index (κ2) is 9.03. The SMILES string of the molecule is O=C1NC(=O)N(c2ccccc2)C(=O)/C1=C/c1ccc(OCc2cccc3ccccc23)cc1. The number of nitrogens with one attached hydrogen (secondary N) is 1. The van der Waals surface area contributed by atoms with E-state index in [2.05, 4.69) is 23.5 Å². The fourth-order valence-electron chi connectivity index (χ4n) is 3.88. The maximum atomic E-state index is 12.9. The van der Waals surface area contributed by atoms with Gasteiger partial charge >= 0.3 is 6.03 Å². The highest BCUT2D eigenvalue weighted by atomic mass is 16.5. The molecule has 0 saturated carbocycles. The lowest BCUT2D eigenvalue weighted by Gasteiger charge is -2.26. The molecule has 166 valence electrons. The van der Waals surface area contributed by atoms with Gasteiger partial charge in [0.15, 0.2) is 0 Å². The molecule has 4 aromatic carbocycles. The minimum absolute atomic E-state index is 0.118. The number of ether oxygens (including phenoxy) is 1. The van der Waals surface area contributed by atoms with E-state index in [0.29, 0.717) is 23.6 Å². The van der Waals surface area contributed by atoms with Crippen molar-refractivity contribution < 1.29 is 19.1 Å². The van der Waals surface area contributed by atoms with E-state index < -0.39 is 17.8 Å². The number of anilines is 1. The van der Waals surface area contributed by atoms with Gasteiger partial charge in [-0.05, 0) is 52.2 Å². The number of para-hydroxylation sites is 1. The van der Waals surface area contributed by atoms with Crippen molar-refractivity contribution in [3.8, 4) is 5.75 Å². The van der Waals surface area contributed by atoms with Gasteiger partial charge in [-0.3, -0.25) is 14.9 Å². The zero-order chi connectivity index (χ0) is 23.5. The lowest BCUT2D eigenvalue weighted by atomic mass is 10.1. The molecule has 0 atom stereocenters. The van der Waals surface area contributed by atoms with Crippen LogP contribution in [0.1, 0.15) is 11.1 Å². The minimum Gasteiger partial charge on any atom is -0.489 e. The number of barbiturate groups is 1. The molecule has 0 aromatic heterocycles. The van der Waals surface area contributed by atoms with Gasteiger partial charge in [0.05, 0.1) is 5.69 Å². The molecule has 6 nitrogen and oxygen atoms in total. The number of amides is 4. The average molecular weight is 448 g/mol.